The Morgan fingerprint density at radius 1 is 0.891 bits per heavy atom. The van der Waals surface area contributed by atoms with Gasteiger partial charge in [0.15, 0.2) is 0 Å². The van der Waals surface area contributed by atoms with Crippen LogP contribution in [0.15, 0.2) is 88.1 Å². The Hall–Kier alpha value is -5.42. The zero-order chi connectivity index (χ0) is 32.9. The van der Waals surface area contributed by atoms with E-state index in [9.17, 15) is 32.3 Å². The highest BCUT2D eigenvalue weighted by atomic mass is 35.5. The van der Waals surface area contributed by atoms with Crippen LogP contribution in [0, 0.1) is 13.8 Å². The van der Waals surface area contributed by atoms with Gasteiger partial charge in [0, 0.05) is 11.1 Å². The average molecular weight is 648 g/mol. The molecule has 0 N–H and O–H groups in total. The number of fused-ring (bicyclic) bond motifs is 2. The molecule has 232 valence electrons. The Balaban J connectivity index is 1.28. The monoisotopic (exact) mass is 647 g/mol. The Bertz CT molecular complexity index is 2160. The van der Waals surface area contributed by atoms with Crippen molar-refractivity contribution in [2.45, 2.75) is 26.6 Å². The summed E-state index contributed by atoms with van der Waals surface area (Å²) in [6, 6.07) is 18.7. The molecule has 0 fully saturated rings. The molecule has 0 atom stereocenters. The number of halogens is 4. The van der Waals surface area contributed by atoms with Gasteiger partial charge in [-0.1, -0.05) is 41.9 Å². The molecule has 1 aliphatic rings. The van der Waals surface area contributed by atoms with Gasteiger partial charge in [-0.15, -0.1) is 0 Å². The Morgan fingerprint density at radius 3 is 2.37 bits per heavy atom. The summed E-state index contributed by atoms with van der Waals surface area (Å²) in [5.41, 5.74) is 0.150. The summed E-state index contributed by atoms with van der Waals surface area (Å²) in [5, 5.41) is 0.135. The smallest absolute Gasteiger partial charge is 0.449 e. The number of hydrogen-bond acceptors (Lipinski definition) is 7. The number of ether oxygens (including phenoxy) is 2. The van der Waals surface area contributed by atoms with Gasteiger partial charge >= 0.3 is 12.1 Å². The minimum atomic E-state index is -5.10. The number of esters is 1. The molecule has 0 radical (unpaired) electrons. The van der Waals surface area contributed by atoms with E-state index in [4.69, 9.17) is 25.5 Å². The molecule has 0 spiro atoms. The maximum absolute atomic E-state index is 14.0. The number of rotatable bonds is 6. The topological polar surface area (TPSA) is 103 Å². The van der Waals surface area contributed by atoms with Gasteiger partial charge in [0.05, 0.1) is 28.6 Å². The summed E-state index contributed by atoms with van der Waals surface area (Å²) >= 11 is 6.18. The summed E-state index contributed by atoms with van der Waals surface area (Å²) in [4.78, 5) is 53.3. The highest BCUT2D eigenvalue weighted by Crippen LogP contribution is 2.39. The first kappa shape index (κ1) is 30.6. The second-order valence-electron chi connectivity index (χ2n) is 10.6. The third-order valence-corrected chi connectivity index (χ3v) is 7.71. The van der Waals surface area contributed by atoms with Crippen LogP contribution in [-0.2, 0) is 12.7 Å². The van der Waals surface area contributed by atoms with Crippen molar-refractivity contribution >= 4 is 40.4 Å². The van der Waals surface area contributed by atoms with Gasteiger partial charge in [0.1, 0.15) is 17.1 Å². The van der Waals surface area contributed by atoms with Crippen LogP contribution in [0.2, 0.25) is 5.02 Å². The maximum atomic E-state index is 14.0. The summed E-state index contributed by atoms with van der Waals surface area (Å²) in [6.07, 6.45) is -5.10. The van der Waals surface area contributed by atoms with Crippen LogP contribution in [0.3, 0.4) is 0 Å². The molecule has 12 heteroatoms. The average Bonchev–Trinajstić information content (AvgIpc) is 3.24. The third kappa shape index (κ3) is 5.61. The molecule has 0 saturated carbocycles. The lowest BCUT2D eigenvalue weighted by Crippen LogP contribution is -2.29. The fraction of sp³-hybridized carbons (Fsp3) is 0.118. The quantitative estimate of drug-likeness (QED) is 0.105. The van der Waals surface area contributed by atoms with E-state index >= 15 is 0 Å². The van der Waals surface area contributed by atoms with Crippen molar-refractivity contribution in [3.8, 4) is 17.2 Å². The van der Waals surface area contributed by atoms with Crippen LogP contribution in [-0.4, -0.2) is 22.7 Å². The van der Waals surface area contributed by atoms with Crippen molar-refractivity contribution < 1.29 is 41.4 Å². The molecule has 0 unspecified atom stereocenters. The minimum absolute atomic E-state index is 0.0257. The molecule has 2 heterocycles. The summed E-state index contributed by atoms with van der Waals surface area (Å²) in [5.74, 6) is -5.03. The van der Waals surface area contributed by atoms with Crippen LogP contribution >= 0.6 is 11.6 Å². The van der Waals surface area contributed by atoms with Gasteiger partial charge in [0.25, 0.3) is 17.6 Å². The standard InChI is InChI=1S/C34H21ClF3NO7/c1-17-7-8-18(2)26(13-17)45-29-28(40)23-12-10-21(15-27(23)46-30(29)34(36,37)38)44-33(43)19-9-11-22-24(14-19)32(42)39(31(22)41)16-20-5-3-4-6-25(20)35/h3-15H,16H2,1-2H3. The predicted octanol–water partition coefficient (Wildman–Crippen LogP) is 7.89. The largest absolute Gasteiger partial charge is 0.453 e. The molecule has 46 heavy (non-hydrogen) atoms. The van der Waals surface area contributed by atoms with Crippen LogP contribution in [0.4, 0.5) is 13.2 Å². The SMILES string of the molecule is Cc1ccc(C)c(Oc2c(C(F)(F)F)oc3cc(OC(=O)c4ccc5c(c4)C(=O)N(Cc4ccccc4Cl)C5=O)ccc3c2=O)c1. The molecule has 1 aliphatic heterocycles. The number of imide groups is 1. The Morgan fingerprint density at radius 2 is 1.63 bits per heavy atom. The van der Waals surface area contributed by atoms with Crippen LogP contribution in [0.25, 0.3) is 11.0 Å². The maximum Gasteiger partial charge on any atom is 0.453 e. The summed E-state index contributed by atoms with van der Waals surface area (Å²) in [6.45, 7) is 3.27. The normalized spacial score (nSPS) is 12.9. The van der Waals surface area contributed by atoms with Gasteiger partial charge in [-0.25, -0.2) is 4.79 Å². The molecule has 0 saturated heterocycles. The number of benzene rings is 4. The van der Waals surface area contributed by atoms with Crippen molar-refractivity contribution in [3.63, 3.8) is 0 Å². The van der Waals surface area contributed by atoms with Gasteiger partial charge in [-0.2, -0.15) is 13.2 Å². The number of amides is 2. The Kier molecular flexibility index (Phi) is 7.65. The lowest BCUT2D eigenvalue weighted by Gasteiger charge is -2.15. The van der Waals surface area contributed by atoms with E-state index in [1.54, 1.807) is 50.2 Å². The Labute approximate surface area is 263 Å². The van der Waals surface area contributed by atoms with Gasteiger partial charge in [0.2, 0.25) is 11.2 Å². The van der Waals surface area contributed by atoms with Crippen molar-refractivity contribution in [3.05, 3.63) is 133 Å². The minimum Gasteiger partial charge on any atom is -0.449 e. The molecule has 6 rings (SSSR count). The van der Waals surface area contributed by atoms with Crippen molar-refractivity contribution in [1.82, 2.24) is 4.90 Å². The molecule has 8 nitrogen and oxygen atoms in total. The number of aryl methyl sites for hydroxylation is 2. The van der Waals surface area contributed by atoms with E-state index in [-0.39, 0.29) is 40.1 Å². The van der Waals surface area contributed by atoms with Crippen LogP contribution in [0.5, 0.6) is 17.2 Å². The first-order valence-corrected chi connectivity index (χ1v) is 14.1. The summed E-state index contributed by atoms with van der Waals surface area (Å²) in [7, 11) is 0. The van der Waals surface area contributed by atoms with Crippen LogP contribution in [0.1, 0.15) is 53.5 Å². The highest BCUT2D eigenvalue weighted by Gasteiger charge is 2.41. The number of carbonyl (C=O) groups is 3. The first-order chi connectivity index (χ1) is 21.8. The summed E-state index contributed by atoms with van der Waals surface area (Å²) < 4.78 is 58.1. The van der Waals surface area contributed by atoms with Crippen molar-refractivity contribution in [2.24, 2.45) is 0 Å². The van der Waals surface area contributed by atoms with Crippen LogP contribution < -0.4 is 14.9 Å². The van der Waals surface area contributed by atoms with E-state index in [0.717, 1.165) is 17.0 Å². The highest BCUT2D eigenvalue weighted by molar-refractivity contribution is 6.31. The number of alkyl halides is 3. The molecule has 0 aliphatic carbocycles. The lowest BCUT2D eigenvalue weighted by molar-refractivity contribution is -0.154. The number of nitrogens with zero attached hydrogens (tertiary/aromatic N) is 1. The van der Waals surface area contributed by atoms with E-state index < -0.39 is 46.5 Å². The molecule has 1 aromatic heterocycles. The molecule has 0 bridgehead atoms. The van der Waals surface area contributed by atoms with Gasteiger partial charge in [-0.05, 0) is 73.0 Å². The van der Waals surface area contributed by atoms with Gasteiger partial charge in [-0.3, -0.25) is 19.3 Å². The number of hydrogen-bond donors (Lipinski definition) is 0. The van der Waals surface area contributed by atoms with Crippen molar-refractivity contribution in [1.29, 1.82) is 0 Å². The fourth-order valence-corrected chi connectivity index (χ4v) is 5.15. The zero-order valence-corrected chi connectivity index (χ0v) is 24.8. The lowest BCUT2D eigenvalue weighted by atomic mass is 10.1. The third-order valence-electron chi connectivity index (χ3n) is 7.34. The second-order valence-corrected chi connectivity index (χ2v) is 11.0. The fourth-order valence-electron chi connectivity index (χ4n) is 4.95. The predicted molar refractivity (Wildman–Crippen MR) is 161 cm³/mol. The molecular weight excluding hydrogens is 627 g/mol. The van der Waals surface area contributed by atoms with Gasteiger partial charge < -0.3 is 13.9 Å². The molecular formula is C34H21ClF3NO7. The zero-order valence-electron chi connectivity index (χ0n) is 24.0. The second kappa shape index (κ2) is 11.5. The first-order valence-electron chi connectivity index (χ1n) is 13.7. The van der Waals surface area contributed by atoms with E-state index in [1.807, 2.05) is 0 Å². The number of carbonyl (C=O) groups excluding carboxylic acids is 3. The molecule has 4 aromatic carbocycles. The molecule has 2 amide bonds. The van der Waals surface area contributed by atoms with E-state index in [2.05, 4.69) is 0 Å². The molecule has 5 aromatic rings. The van der Waals surface area contributed by atoms with Crippen molar-refractivity contribution in [2.75, 3.05) is 0 Å². The van der Waals surface area contributed by atoms with E-state index in [0.29, 0.717) is 21.7 Å². The van der Waals surface area contributed by atoms with E-state index in [1.165, 1.54) is 30.3 Å².